The van der Waals surface area contributed by atoms with Gasteiger partial charge in [0.1, 0.15) is 12.1 Å². The number of aromatic nitrogens is 4. The fourth-order valence-corrected chi connectivity index (χ4v) is 3.56. The monoisotopic (exact) mass is 329 g/mol. The number of hydrogen-bond donors (Lipinski definition) is 1. The van der Waals surface area contributed by atoms with Crippen molar-refractivity contribution in [2.75, 3.05) is 31.2 Å². The van der Waals surface area contributed by atoms with Crippen molar-refractivity contribution in [3.63, 3.8) is 0 Å². The summed E-state index contributed by atoms with van der Waals surface area (Å²) in [7, 11) is 0. The zero-order chi connectivity index (χ0) is 16.4. The van der Waals surface area contributed by atoms with Crippen LogP contribution < -0.4 is 4.90 Å². The Hall–Kier alpha value is -1.99. The van der Waals surface area contributed by atoms with Crippen LogP contribution in [-0.4, -0.2) is 56.5 Å². The molecule has 2 fully saturated rings. The van der Waals surface area contributed by atoms with Crippen LogP contribution in [0.15, 0.2) is 31.1 Å². The molecular formula is C17H23N5O2. The number of anilines is 1. The molecule has 0 radical (unpaired) electrons. The Labute approximate surface area is 141 Å². The topological polar surface area (TPSA) is 76.3 Å². The molecule has 2 aromatic rings. The van der Waals surface area contributed by atoms with Crippen molar-refractivity contribution in [1.29, 1.82) is 0 Å². The van der Waals surface area contributed by atoms with E-state index in [1.54, 1.807) is 18.9 Å². The highest BCUT2D eigenvalue weighted by Crippen LogP contribution is 2.29. The summed E-state index contributed by atoms with van der Waals surface area (Å²) in [6, 6.07) is 2.08. The standard InChI is InChI=1S/C17H23N5O2/c23-17(11-21-7-4-18-13-21)2-5-22(6-3-17)16-9-15(19-12-20-16)14-1-8-24-10-14/h4,7,9,12-14,23H,1-3,5-6,8,10-11H2/t14-/m0/s1. The summed E-state index contributed by atoms with van der Waals surface area (Å²) in [6.07, 6.45) is 9.51. The number of aliphatic hydroxyl groups is 1. The fraction of sp³-hybridized carbons (Fsp3) is 0.588. The van der Waals surface area contributed by atoms with Gasteiger partial charge in [-0.15, -0.1) is 0 Å². The van der Waals surface area contributed by atoms with Crippen LogP contribution >= 0.6 is 0 Å². The largest absolute Gasteiger partial charge is 0.388 e. The van der Waals surface area contributed by atoms with E-state index in [-0.39, 0.29) is 0 Å². The molecule has 0 aliphatic carbocycles. The van der Waals surface area contributed by atoms with Crippen molar-refractivity contribution in [1.82, 2.24) is 19.5 Å². The molecule has 0 amide bonds. The summed E-state index contributed by atoms with van der Waals surface area (Å²) in [6.45, 7) is 3.75. The summed E-state index contributed by atoms with van der Waals surface area (Å²) in [5, 5.41) is 10.8. The van der Waals surface area contributed by atoms with E-state index < -0.39 is 5.60 Å². The van der Waals surface area contributed by atoms with Gasteiger partial charge in [0.2, 0.25) is 0 Å². The average Bonchev–Trinajstić information content (AvgIpc) is 3.29. The first kappa shape index (κ1) is 15.5. The van der Waals surface area contributed by atoms with Crippen molar-refractivity contribution in [3.05, 3.63) is 36.8 Å². The molecule has 2 aromatic heterocycles. The van der Waals surface area contributed by atoms with Gasteiger partial charge in [-0.1, -0.05) is 0 Å². The molecule has 4 rings (SSSR count). The maximum atomic E-state index is 10.8. The lowest BCUT2D eigenvalue weighted by atomic mass is 9.91. The molecule has 2 aliphatic heterocycles. The predicted molar refractivity (Wildman–Crippen MR) is 88.8 cm³/mol. The average molecular weight is 329 g/mol. The number of hydrogen-bond acceptors (Lipinski definition) is 6. The molecule has 7 nitrogen and oxygen atoms in total. The van der Waals surface area contributed by atoms with Gasteiger partial charge in [0.25, 0.3) is 0 Å². The summed E-state index contributed by atoms with van der Waals surface area (Å²) in [5.41, 5.74) is 0.392. The summed E-state index contributed by atoms with van der Waals surface area (Å²) >= 11 is 0. The van der Waals surface area contributed by atoms with Crippen LogP contribution in [0.4, 0.5) is 5.82 Å². The lowest BCUT2D eigenvalue weighted by molar-refractivity contribution is -0.000183. The molecule has 24 heavy (non-hydrogen) atoms. The maximum Gasteiger partial charge on any atom is 0.132 e. The van der Waals surface area contributed by atoms with Gasteiger partial charge in [-0.25, -0.2) is 15.0 Å². The molecule has 7 heteroatoms. The molecular weight excluding hydrogens is 306 g/mol. The first-order valence-electron chi connectivity index (χ1n) is 8.55. The van der Waals surface area contributed by atoms with Gasteiger partial charge >= 0.3 is 0 Å². The second-order valence-corrected chi connectivity index (χ2v) is 6.81. The third-order valence-electron chi connectivity index (χ3n) is 5.08. The van der Waals surface area contributed by atoms with E-state index in [9.17, 15) is 5.11 Å². The third-order valence-corrected chi connectivity index (χ3v) is 5.08. The first-order chi connectivity index (χ1) is 11.7. The Morgan fingerprint density at radius 3 is 2.88 bits per heavy atom. The number of ether oxygens (including phenoxy) is 1. The Balaban J connectivity index is 1.41. The lowest BCUT2D eigenvalue weighted by Gasteiger charge is -2.39. The number of nitrogens with zero attached hydrogens (tertiary/aromatic N) is 5. The van der Waals surface area contributed by atoms with Crippen molar-refractivity contribution in [2.24, 2.45) is 0 Å². The van der Waals surface area contributed by atoms with Gasteiger partial charge in [-0.3, -0.25) is 0 Å². The highest BCUT2D eigenvalue weighted by molar-refractivity contribution is 5.40. The van der Waals surface area contributed by atoms with Crippen molar-refractivity contribution in [3.8, 4) is 0 Å². The zero-order valence-corrected chi connectivity index (χ0v) is 13.7. The van der Waals surface area contributed by atoms with Gasteiger partial charge in [0, 0.05) is 44.1 Å². The van der Waals surface area contributed by atoms with E-state index in [4.69, 9.17) is 4.74 Å². The Morgan fingerprint density at radius 1 is 1.29 bits per heavy atom. The molecule has 128 valence electrons. The van der Waals surface area contributed by atoms with Crippen LogP contribution in [0.1, 0.15) is 30.9 Å². The van der Waals surface area contributed by atoms with Crippen LogP contribution in [0.3, 0.4) is 0 Å². The molecule has 1 N–H and O–H groups in total. The van der Waals surface area contributed by atoms with Crippen LogP contribution in [0, 0.1) is 0 Å². The normalized spacial score (nSPS) is 23.5. The Bertz CT molecular complexity index is 661. The van der Waals surface area contributed by atoms with Crippen LogP contribution in [-0.2, 0) is 11.3 Å². The van der Waals surface area contributed by atoms with E-state index in [2.05, 4.69) is 25.9 Å². The number of piperidine rings is 1. The van der Waals surface area contributed by atoms with E-state index in [1.165, 1.54) is 0 Å². The molecule has 0 unspecified atom stereocenters. The second kappa shape index (κ2) is 6.49. The van der Waals surface area contributed by atoms with Gasteiger partial charge in [-0.05, 0) is 19.3 Å². The molecule has 0 saturated carbocycles. The highest BCUT2D eigenvalue weighted by atomic mass is 16.5. The molecule has 2 saturated heterocycles. The van der Waals surface area contributed by atoms with Crippen LogP contribution in [0.25, 0.3) is 0 Å². The first-order valence-corrected chi connectivity index (χ1v) is 8.55. The van der Waals surface area contributed by atoms with Crippen LogP contribution in [0.2, 0.25) is 0 Å². The molecule has 2 aliphatic rings. The predicted octanol–water partition coefficient (Wildman–Crippen LogP) is 1.21. The summed E-state index contributed by atoms with van der Waals surface area (Å²) in [4.78, 5) is 15.1. The minimum atomic E-state index is -0.674. The molecule has 4 heterocycles. The third kappa shape index (κ3) is 3.27. The van der Waals surface area contributed by atoms with Crippen molar-refractivity contribution < 1.29 is 9.84 Å². The summed E-state index contributed by atoms with van der Waals surface area (Å²) in [5.74, 6) is 1.34. The van der Waals surface area contributed by atoms with Gasteiger partial charge in [-0.2, -0.15) is 0 Å². The Kier molecular flexibility index (Phi) is 4.20. The molecule has 0 aromatic carbocycles. The SMILES string of the molecule is OC1(Cn2ccnc2)CCN(c2cc([C@H]3CCOC3)ncn2)CC1. The number of rotatable bonds is 4. The molecule has 0 bridgehead atoms. The molecule has 1 atom stereocenters. The number of imidazole rings is 1. The minimum absolute atomic E-state index is 0.384. The fourth-order valence-electron chi connectivity index (χ4n) is 3.56. The Morgan fingerprint density at radius 2 is 2.17 bits per heavy atom. The quantitative estimate of drug-likeness (QED) is 0.908. The van der Waals surface area contributed by atoms with E-state index in [1.807, 2.05) is 10.8 Å². The summed E-state index contributed by atoms with van der Waals surface area (Å²) < 4.78 is 7.40. The zero-order valence-electron chi connectivity index (χ0n) is 13.7. The second-order valence-electron chi connectivity index (χ2n) is 6.81. The van der Waals surface area contributed by atoms with E-state index in [0.717, 1.165) is 57.1 Å². The highest BCUT2D eigenvalue weighted by Gasteiger charge is 2.33. The maximum absolute atomic E-state index is 10.8. The smallest absolute Gasteiger partial charge is 0.132 e. The molecule has 0 spiro atoms. The van der Waals surface area contributed by atoms with Gasteiger partial charge in [0.05, 0.1) is 30.8 Å². The minimum Gasteiger partial charge on any atom is -0.388 e. The van der Waals surface area contributed by atoms with E-state index >= 15 is 0 Å². The van der Waals surface area contributed by atoms with Crippen molar-refractivity contribution >= 4 is 5.82 Å². The van der Waals surface area contributed by atoms with E-state index in [0.29, 0.717) is 12.5 Å². The van der Waals surface area contributed by atoms with Crippen LogP contribution in [0.5, 0.6) is 0 Å². The lowest BCUT2D eigenvalue weighted by Crippen LogP contribution is -2.47. The van der Waals surface area contributed by atoms with Crippen molar-refractivity contribution in [2.45, 2.75) is 37.3 Å². The van der Waals surface area contributed by atoms with Gasteiger partial charge < -0.3 is 19.3 Å². The van der Waals surface area contributed by atoms with Gasteiger partial charge in [0.15, 0.2) is 0 Å².